The summed E-state index contributed by atoms with van der Waals surface area (Å²) in [6.07, 6.45) is 2.62. The number of carbonyl (C=O) groups excluding carboxylic acids is 1. The number of amides is 1. The Morgan fingerprint density at radius 3 is 3.08 bits per heavy atom. The highest BCUT2D eigenvalue weighted by molar-refractivity contribution is 5.95. The summed E-state index contributed by atoms with van der Waals surface area (Å²) in [5.74, 6) is 1.88. The van der Waals surface area contributed by atoms with Gasteiger partial charge in [0.15, 0.2) is 5.82 Å². The lowest BCUT2D eigenvalue weighted by molar-refractivity contribution is 0.0947. The number of aromatic nitrogens is 3. The van der Waals surface area contributed by atoms with Crippen LogP contribution in [0.2, 0.25) is 0 Å². The Kier molecular flexibility index (Phi) is 5.25. The normalized spacial score (nSPS) is 18.2. The van der Waals surface area contributed by atoms with E-state index >= 15 is 0 Å². The molecule has 1 aromatic heterocycles. The molecule has 2 N–H and O–H groups in total. The first-order valence-electron chi connectivity index (χ1n) is 8.58. The molecule has 6 heteroatoms. The monoisotopic (exact) mass is 327 g/mol. The van der Waals surface area contributed by atoms with Gasteiger partial charge in [0.1, 0.15) is 6.33 Å². The van der Waals surface area contributed by atoms with Crippen molar-refractivity contribution in [1.82, 2.24) is 25.4 Å². The second-order valence-corrected chi connectivity index (χ2v) is 6.93. The Morgan fingerprint density at radius 2 is 2.33 bits per heavy atom. The predicted octanol–water partition coefficient (Wildman–Crippen LogP) is 2.18. The lowest BCUT2D eigenvalue weighted by Gasteiger charge is -2.18. The van der Waals surface area contributed by atoms with E-state index in [0.29, 0.717) is 23.2 Å². The van der Waals surface area contributed by atoms with Gasteiger partial charge < -0.3 is 10.2 Å². The third-order valence-electron chi connectivity index (χ3n) is 4.36. The van der Waals surface area contributed by atoms with Crippen molar-refractivity contribution < 1.29 is 4.79 Å². The van der Waals surface area contributed by atoms with Crippen molar-refractivity contribution in [2.24, 2.45) is 11.8 Å². The van der Waals surface area contributed by atoms with E-state index in [2.05, 4.69) is 39.2 Å². The Bertz CT molecular complexity index is 668. The summed E-state index contributed by atoms with van der Waals surface area (Å²) < 4.78 is 0. The second-order valence-electron chi connectivity index (χ2n) is 6.93. The van der Waals surface area contributed by atoms with Crippen LogP contribution in [0.25, 0.3) is 11.4 Å². The molecule has 24 heavy (non-hydrogen) atoms. The van der Waals surface area contributed by atoms with Crippen LogP contribution in [-0.2, 0) is 0 Å². The maximum atomic E-state index is 12.4. The van der Waals surface area contributed by atoms with Crippen LogP contribution in [0, 0.1) is 11.8 Å². The van der Waals surface area contributed by atoms with Crippen LogP contribution in [0.4, 0.5) is 0 Å². The first kappa shape index (κ1) is 16.6. The summed E-state index contributed by atoms with van der Waals surface area (Å²) in [5, 5.41) is 9.74. The molecule has 2 aromatic rings. The van der Waals surface area contributed by atoms with E-state index in [-0.39, 0.29) is 5.91 Å². The number of nitrogens with one attached hydrogen (secondary N) is 2. The van der Waals surface area contributed by atoms with Crippen molar-refractivity contribution in [3.05, 3.63) is 36.2 Å². The molecule has 0 spiro atoms. The molecule has 128 valence electrons. The van der Waals surface area contributed by atoms with Gasteiger partial charge in [0.05, 0.1) is 0 Å². The highest BCUT2D eigenvalue weighted by Crippen LogP contribution is 2.18. The third kappa shape index (κ3) is 4.20. The Hall–Kier alpha value is -2.21. The molecule has 0 unspecified atom stereocenters. The van der Waals surface area contributed by atoms with Crippen LogP contribution < -0.4 is 5.32 Å². The molecule has 0 radical (unpaired) electrons. The Labute approximate surface area is 142 Å². The maximum Gasteiger partial charge on any atom is 0.251 e. The molecule has 1 aliphatic rings. The van der Waals surface area contributed by atoms with Crippen molar-refractivity contribution in [3.8, 4) is 11.4 Å². The molecule has 2 heterocycles. The van der Waals surface area contributed by atoms with Crippen molar-refractivity contribution in [2.45, 2.75) is 20.3 Å². The fourth-order valence-electron chi connectivity index (χ4n) is 3.25. The van der Waals surface area contributed by atoms with Crippen LogP contribution >= 0.6 is 0 Å². The van der Waals surface area contributed by atoms with E-state index < -0.39 is 0 Å². The predicted molar refractivity (Wildman–Crippen MR) is 93.5 cm³/mol. The molecule has 0 bridgehead atoms. The standard InChI is InChI=1S/C18H25N5O/c1-13(2)10-23-7-6-14(11-23)9-19-18(24)16-5-3-4-15(8-16)17-20-12-21-22-17/h3-5,8,12-14H,6-7,9-11H2,1-2H3,(H,19,24)(H,20,21,22)/t14-/m0/s1. The van der Waals surface area contributed by atoms with Gasteiger partial charge in [-0.1, -0.05) is 26.0 Å². The zero-order valence-corrected chi connectivity index (χ0v) is 14.3. The third-order valence-corrected chi connectivity index (χ3v) is 4.36. The number of hydrogen-bond acceptors (Lipinski definition) is 4. The fourth-order valence-corrected chi connectivity index (χ4v) is 3.25. The summed E-state index contributed by atoms with van der Waals surface area (Å²) in [4.78, 5) is 19.0. The van der Waals surface area contributed by atoms with Crippen molar-refractivity contribution in [1.29, 1.82) is 0 Å². The minimum absolute atomic E-state index is 0.0290. The first-order chi connectivity index (χ1) is 11.6. The second kappa shape index (κ2) is 7.57. The average molecular weight is 327 g/mol. The van der Waals surface area contributed by atoms with E-state index in [1.165, 1.54) is 6.33 Å². The van der Waals surface area contributed by atoms with Gasteiger partial charge in [-0.2, -0.15) is 5.10 Å². The fraction of sp³-hybridized carbons (Fsp3) is 0.500. The summed E-state index contributed by atoms with van der Waals surface area (Å²) in [5.41, 5.74) is 1.52. The molecular weight excluding hydrogens is 302 g/mol. The minimum atomic E-state index is -0.0290. The lowest BCUT2D eigenvalue weighted by Crippen LogP contribution is -2.31. The smallest absolute Gasteiger partial charge is 0.251 e. The van der Waals surface area contributed by atoms with Crippen LogP contribution in [0.15, 0.2) is 30.6 Å². The van der Waals surface area contributed by atoms with Crippen molar-refractivity contribution >= 4 is 5.91 Å². The van der Waals surface area contributed by atoms with Gasteiger partial charge in [0.2, 0.25) is 0 Å². The number of nitrogens with zero attached hydrogens (tertiary/aromatic N) is 3. The average Bonchev–Trinajstić information content (AvgIpc) is 3.24. The van der Waals surface area contributed by atoms with Gasteiger partial charge in [0, 0.05) is 30.8 Å². The zero-order chi connectivity index (χ0) is 16.9. The molecule has 3 rings (SSSR count). The molecule has 1 aromatic carbocycles. The van der Waals surface area contributed by atoms with Gasteiger partial charge in [-0.15, -0.1) is 0 Å². The van der Waals surface area contributed by atoms with E-state index in [1.807, 2.05) is 24.3 Å². The van der Waals surface area contributed by atoms with Crippen LogP contribution in [0.1, 0.15) is 30.6 Å². The van der Waals surface area contributed by atoms with Gasteiger partial charge in [0.25, 0.3) is 5.91 Å². The van der Waals surface area contributed by atoms with Gasteiger partial charge in [-0.25, -0.2) is 4.98 Å². The van der Waals surface area contributed by atoms with Crippen LogP contribution in [-0.4, -0.2) is 52.2 Å². The molecule has 0 saturated carbocycles. The van der Waals surface area contributed by atoms with E-state index in [1.54, 1.807) is 0 Å². The minimum Gasteiger partial charge on any atom is -0.352 e. The number of carbonyl (C=O) groups is 1. The molecule has 0 aliphatic carbocycles. The van der Waals surface area contributed by atoms with E-state index in [9.17, 15) is 4.79 Å². The summed E-state index contributed by atoms with van der Waals surface area (Å²) in [6.45, 7) is 8.59. The summed E-state index contributed by atoms with van der Waals surface area (Å²) in [6, 6.07) is 7.45. The number of benzene rings is 1. The highest BCUT2D eigenvalue weighted by Gasteiger charge is 2.23. The zero-order valence-electron chi connectivity index (χ0n) is 14.3. The van der Waals surface area contributed by atoms with Gasteiger partial charge >= 0.3 is 0 Å². The maximum absolute atomic E-state index is 12.4. The first-order valence-corrected chi connectivity index (χ1v) is 8.58. The molecule has 1 atom stereocenters. The molecule has 1 aliphatic heterocycles. The van der Waals surface area contributed by atoms with Crippen LogP contribution in [0.5, 0.6) is 0 Å². The molecular formula is C18H25N5O. The Balaban J connectivity index is 1.53. The van der Waals surface area contributed by atoms with Gasteiger partial charge in [-0.3, -0.25) is 9.89 Å². The SMILES string of the molecule is CC(C)CN1CC[C@@H](CNC(=O)c2cccc(-c3ncn[nH]3)c2)C1. The number of aromatic amines is 1. The summed E-state index contributed by atoms with van der Waals surface area (Å²) in [7, 11) is 0. The van der Waals surface area contributed by atoms with Gasteiger partial charge in [-0.05, 0) is 36.9 Å². The summed E-state index contributed by atoms with van der Waals surface area (Å²) >= 11 is 0. The largest absolute Gasteiger partial charge is 0.352 e. The van der Waals surface area contributed by atoms with Crippen molar-refractivity contribution in [3.63, 3.8) is 0 Å². The highest BCUT2D eigenvalue weighted by atomic mass is 16.1. The quantitative estimate of drug-likeness (QED) is 0.853. The number of rotatable bonds is 6. The van der Waals surface area contributed by atoms with E-state index in [4.69, 9.17) is 0 Å². The Morgan fingerprint density at radius 1 is 1.46 bits per heavy atom. The number of H-pyrrole nitrogens is 1. The molecule has 1 fully saturated rings. The molecule has 1 amide bonds. The van der Waals surface area contributed by atoms with Crippen LogP contribution in [0.3, 0.4) is 0 Å². The molecule has 1 saturated heterocycles. The number of likely N-dealkylation sites (tertiary alicyclic amines) is 1. The molecule has 6 nitrogen and oxygen atoms in total. The lowest BCUT2D eigenvalue weighted by atomic mass is 10.1. The topological polar surface area (TPSA) is 73.9 Å². The number of hydrogen-bond donors (Lipinski definition) is 2. The van der Waals surface area contributed by atoms with E-state index in [0.717, 1.165) is 38.2 Å². The van der Waals surface area contributed by atoms with Crippen molar-refractivity contribution in [2.75, 3.05) is 26.2 Å².